The fraction of sp³-hybridized carbons (Fsp3) is 0.733. The smallest absolute Gasteiger partial charge is 0.357 e. The summed E-state index contributed by atoms with van der Waals surface area (Å²) < 4.78 is 4.79. The number of hydrogen-bond acceptors (Lipinski definition) is 5. The monoisotopic (exact) mass is 298 g/mol. The third-order valence-corrected chi connectivity index (χ3v) is 4.36. The fourth-order valence-electron chi connectivity index (χ4n) is 2.30. The van der Waals surface area contributed by atoms with Crippen molar-refractivity contribution >= 4 is 22.4 Å². The van der Waals surface area contributed by atoms with E-state index in [1.54, 1.807) is 11.3 Å². The van der Waals surface area contributed by atoms with Gasteiger partial charge in [0.2, 0.25) is 0 Å². The van der Waals surface area contributed by atoms with E-state index in [2.05, 4.69) is 37.6 Å². The van der Waals surface area contributed by atoms with E-state index < -0.39 is 0 Å². The summed E-state index contributed by atoms with van der Waals surface area (Å²) in [6, 6.07) is 0.466. The first-order valence-corrected chi connectivity index (χ1v) is 8.08. The number of anilines is 1. The van der Waals surface area contributed by atoms with Gasteiger partial charge in [0, 0.05) is 17.5 Å². The minimum atomic E-state index is -0.348. The molecule has 0 unspecified atom stereocenters. The van der Waals surface area contributed by atoms with Gasteiger partial charge in [-0.25, -0.2) is 9.78 Å². The average molecular weight is 298 g/mol. The first-order valence-electron chi connectivity index (χ1n) is 7.26. The molecule has 5 heteroatoms. The summed E-state index contributed by atoms with van der Waals surface area (Å²) in [5.41, 5.74) is 0.451. The van der Waals surface area contributed by atoms with Crippen LogP contribution >= 0.6 is 11.3 Å². The molecule has 0 amide bonds. The van der Waals surface area contributed by atoms with Crippen molar-refractivity contribution in [1.29, 1.82) is 0 Å². The highest BCUT2D eigenvalue weighted by Gasteiger charge is 2.23. The number of methoxy groups -OCH3 is 1. The largest absolute Gasteiger partial charge is 0.464 e. The van der Waals surface area contributed by atoms with E-state index in [4.69, 9.17) is 4.74 Å². The van der Waals surface area contributed by atoms with Crippen molar-refractivity contribution in [2.45, 2.75) is 53.5 Å². The van der Waals surface area contributed by atoms with Gasteiger partial charge in [-0.1, -0.05) is 27.7 Å². The zero-order valence-corrected chi connectivity index (χ0v) is 14.2. The summed E-state index contributed by atoms with van der Waals surface area (Å²) in [5, 5.41) is 0.935. The van der Waals surface area contributed by atoms with Crippen molar-refractivity contribution in [3.63, 3.8) is 0 Å². The lowest BCUT2D eigenvalue weighted by atomic mass is 10.1. The highest BCUT2D eigenvalue weighted by Crippen LogP contribution is 2.29. The van der Waals surface area contributed by atoms with E-state index in [-0.39, 0.29) is 5.97 Å². The van der Waals surface area contributed by atoms with Crippen LogP contribution in [0, 0.1) is 12.8 Å². The van der Waals surface area contributed by atoms with E-state index in [9.17, 15) is 4.79 Å². The molecule has 0 aliphatic heterocycles. The van der Waals surface area contributed by atoms with Gasteiger partial charge in [-0.3, -0.25) is 0 Å². The second-order valence-corrected chi connectivity index (χ2v) is 6.59. The van der Waals surface area contributed by atoms with E-state index in [0.29, 0.717) is 17.7 Å². The topological polar surface area (TPSA) is 42.4 Å². The summed E-state index contributed by atoms with van der Waals surface area (Å²) in [5.74, 6) is 0.209. The van der Waals surface area contributed by atoms with Crippen LogP contribution in [0.15, 0.2) is 0 Å². The maximum atomic E-state index is 11.7. The van der Waals surface area contributed by atoms with Crippen LogP contribution in [-0.2, 0) is 4.74 Å². The zero-order valence-electron chi connectivity index (χ0n) is 13.4. The number of nitrogens with zero attached hydrogens (tertiary/aromatic N) is 2. The SMILES string of the molecule is CCC(CC)N(CC(C)C)c1nc(C(=O)OC)c(C)s1. The van der Waals surface area contributed by atoms with Gasteiger partial charge in [0.25, 0.3) is 0 Å². The minimum absolute atomic E-state index is 0.348. The number of thiazole rings is 1. The van der Waals surface area contributed by atoms with Gasteiger partial charge in [-0.2, -0.15) is 0 Å². The molecule has 1 aromatic heterocycles. The third kappa shape index (κ3) is 3.95. The number of hydrogen-bond donors (Lipinski definition) is 0. The van der Waals surface area contributed by atoms with Crippen LogP contribution in [0.4, 0.5) is 5.13 Å². The lowest BCUT2D eigenvalue weighted by Gasteiger charge is -2.31. The van der Waals surface area contributed by atoms with E-state index >= 15 is 0 Å². The first kappa shape index (κ1) is 17.0. The molecule has 4 nitrogen and oxygen atoms in total. The Morgan fingerprint density at radius 2 is 1.95 bits per heavy atom. The number of carbonyl (C=O) groups is 1. The lowest BCUT2D eigenvalue weighted by Crippen LogP contribution is -2.37. The maximum absolute atomic E-state index is 11.7. The quantitative estimate of drug-likeness (QED) is 0.716. The molecule has 0 aliphatic rings. The average Bonchev–Trinajstić information content (AvgIpc) is 2.79. The Balaban J connectivity index is 3.10. The molecule has 20 heavy (non-hydrogen) atoms. The molecule has 0 N–H and O–H groups in total. The molecule has 0 atom stereocenters. The number of esters is 1. The van der Waals surface area contributed by atoms with Crippen LogP contribution in [0.3, 0.4) is 0 Å². The van der Waals surface area contributed by atoms with Crippen LogP contribution in [0.25, 0.3) is 0 Å². The number of carbonyl (C=O) groups excluding carboxylic acids is 1. The Morgan fingerprint density at radius 1 is 1.35 bits per heavy atom. The van der Waals surface area contributed by atoms with E-state index in [0.717, 1.165) is 29.4 Å². The summed E-state index contributed by atoms with van der Waals surface area (Å²) in [6.45, 7) is 11.7. The van der Waals surface area contributed by atoms with E-state index in [1.807, 2.05) is 6.92 Å². The van der Waals surface area contributed by atoms with Gasteiger partial charge < -0.3 is 9.64 Å². The fourth-order valence-corrected chi connectivity index (χ4v) is 3.27. The molecular formula is C15H26N2O2S. The van der Waals surface area contributed by atoms with Gasteiger partial charge >= 0.3 is 5.97 Å². The molecular weight excluding hydrogens is 272 g/mol. The molecule has 0 bridgehead atoms. The Labute approximate surface area is 126 Å². The van der Waals surface area contributed by atoms with Gasteiger partial charge in [-0.15, -0.1) is 11.3 Å². The summed E-state index contributed by atoms with van der Waals surface area (Å²) >= 11 is 1.58. The predicted molar refractivity (Wildman–Crippen MR) is 84.7 cm³/mol. The number of rotatable bonds is 7. The Kier molecular flexibility index (Phi) is 6.46. The molecule has 1 aromatic rings. The summed E-state index contributed by atoms with van der Waals surface area (Å²) in [6.07, 6.45) is 2.16. The predicted octanol–water partition coefficient (Wildman–Crippen LogP) is 3.89. The molecule has 0 aliphatic carbocycles. The van der Waals surface area contributed by atoms with Crippen molar-refractivity contribution in [3.8, 4) is 0 Å². The lowest BCUT2D eigenvalue weighted by molar-refractivity contribution is 0.0594. The van der Waals surface area contributed by atoms with Crippen LogP contribution in [0.2, 0.25) is 0 Å². The molecule has 0 saturated carbocycles. The van der Waals surface area contributed by atoms with Crippen molar-refractivity contribution in [2.24, 2.45) is 5.92 Å². The minimum Gasteiger partial charge on any atom is -0.464 e. The van der Waals surface area contributed by atoms with Gasteiger partial charge in [0.1, 0.15) is 0 Å². The molecule has 0 aromatic carbocycles. The number of ether oxygens (including phenoxy) is 1. The van der Waals surface area contributed by atoms with Gasteiger partial charge in [0.05, 0.1) is 7.11 Å². The number of aryl methyl sites for hydroxylation is 1. The van der Waals surface area contributed by atoms with Crippen LogP contribution < -0.4 is 4.90 Å². The second-order valence-electron chi connectivity index (χ2n) is 5.41. The molecule has 0 fully saturated rings. The second kappa shape index (κ2) is 7.62. The Morgan fingerprint density at radius 3 is 2.40 bits per heavy atom. The van der Waals surface area contributed by atoms with Crippen molar-refractivity contribution in [1.82, 2.24) is 4.98 Å². The van der Waals surface area contributed by atoms with Crippen molar-refractivity contribution < 1.29 is 9.53 Å². The number of aromatic nitrogens is 1. The molecule has 114 valence electrons. The molecule has 0 saturated heterocycles. The highest BCUT2D eigenvalue weighted by molar-refractivity contribution is 7.15. The van der Waals surface area contributed by atoms with Crippen molar-refractivity contribution in [3.05, 3.63) is 10.6 Å². The third-order valence-electron chi connectivity index (χ3n) is 3.35. The zero-order chi connectivity index (χ0) is 15.3. The van der Waals surface area contributed by atoms with Crippen LogP contribution in [0.1, 0.15) is 55.9 Å². The van der Waals surface area contributed by atoms with Crippen molar-refractivity contribution in [2.75, 3.05) is 18.6 Å². The molecule has 1 rings (SSSR count). The summed E-state index contributed by atoms with van der Waals surface area (Å²) in [7, 11) is 1.40. The molecule has 0 spiro atoms. The van der Waals surface area contributed by atoms with Gasteiger partial charge in [-0.05, 0) is 25.7 Å². The van der Waals surface area contributed by atoms with Gasteiger partial charge in [0.15, 0.2) is 10.8 Å². The first-order chi connectivity index (χ1) is 9.44. The Bertz CT molecular complexity index is 439. The maximum Gasteiger partial charge on any atom is 0.357 e. The van der Waals surface area contributed by atoms with Crippen LogP contribution in [-0.4, -0.2) is 30.6 Å². The summed E-state index contributed by atoms with van der Waals surface area (Å²) in [4.78, 5) is 19.5. The molecule has 1 heterocycles. The molecule has 0 radical (unpaired) electrons. The Hall–Kier alpha value is -1.10. The highest BCUT2D eigenvalue weighted by atomic mass is 32.1. The standard InChI is InChI=1S/C15H26N2O2S/c1-7-12(8-2)17(9-10(3)4)15-16-13(11(5)20-15)14(18)19-6/h10,12H,7-9H2,1-6H3. The van der Waals surface area contributed by atoms with E-state index in [1.165, 1.54) is 7.11 Å². The van der Waals surface area contributed by atoms with Crippen LogP contribution in [0.5, 0.6) is 0 Å². The normalized spacial score (nSPS) is 11.2.